The quantitative estimate of drug-likeness (QED) is 0.614. The maximum absolute atomic E-state index is 3.52. The third-order valence-corrected chi connectivity index (χ3v) is 4.00. The van der Waals surface area contributed by atoms with Gasteiger partial charge < -0.3 is 15.1 Å². The minimum Gasteiger partial charge on any atom is -0.316 e. The summed E-state index contributed by atoms with van der Waals surface area (Å²) < 4.78 is 0. The largest absolute Gasteiger partial charge is 0.316 e. The predicted molar refractivity (Wildman–Crippen MR) is 84.7 cm³/mol. The molecule has 1 saturated heterocycles. The van der Waals surface area contributed by atoms with Crippen molar-refractivity contribution in [2.45, 2.75) is 39.5 Å². The Bertz CT molecular complexity index is 218. The van der Waals surface area contributed by atoms with E-state index in [2.05, 4.69) is 43.1 Å². The van der Waals surface area contributed by atoms with Gasteiger partial charge in [0.15, 0.2) is 0 Å². The Morgan fingerprint density at radius 2 is 2.05 bits per heavy atom. The Kier molecular flexibility index (Phi) is 8.67. The molecule has 1 unspecified atom stereocenters. The highest BCUT2D eigenvalue weighted by molar-refractivity contribution is 4.75. The summed E-state index contributed by atoms with van der Waals surface area (Å²) in [6.45, 7) is 12.0. The first-order valence-electron chi connectivity index (χ1n) is 8.15. The summed E-state index contributed by atoms with van der Waals surface area (Å²) in [5, 5.41) is 3.52. The smallest absolute Gasteiger partial charge is 0.00193 e. The zero-order chi connectivity index (χ0) is 14.1. The summed E-state index contributed by atoms with van der Waals surface area (Å²) >= 11 is 0. The van der Waals surface area contributed by atoms with Gasteiger partial charge in [0, 0.05) is 13.1 Å². The highest BCUT2D eigenvalue weighted by atomic mass is 15.1. The first-order chi connectivity index (χ1) is 9.08. The number of hydrogen-bond donors (Lipinski definition) is 1. The van der Waals surface area contributed by atoms with Crippen LogP contribution < -0.4 is 5.32 Å². The minimum absolute atomic E-state index is 0.774. The second-order valence-corrected chi connectivity index (χ2v) is 6.84. The Balaban J connectivity index is 1.88. The van der Waals surface area contributed by atoms with Crippen molar-refractivity contribution in [1.82, 2.24) is 15.1 Å². The van der Waals surface area contributed by atoms with Crippen LogP contribution in [-0.2, 0) is 0 Å². The van der Waals surface area contributed by atoms with Crippen molar-refractivity contribution < 1.29 is 0 Å². The van der Waals surface area contributed by atoms with E-state index in [1.165, 1.54) is 58.4 Å². The molecule has 0 aliphatic carbocycles. The zero-order valence-electron chi connectivity index (χ0n) is 13.6. The molecule has 1 aliphatic heterocycles. The molecule has 0 aromatic heterocycles. The van der Waals surface area contributed by atoms with Crippen LogP contribution >= 0.6 is 0 Å². The van der Waals surface area contributed by atoms with Crippen molar-refractivity contribution in [2.24, 2.45) is 11.8 Å². The molecule has 0 aromatic carbocycles. The molecule has 3 nitrogen and oxygen atoms in total. The average molecular weight is 269 g/mol. The fourth-order valence-electron chi connectivity index (χ4n) is 2.91. The van der Waals surface area contributed by atoms with E-state index in [0.29, 0.717) is 0 Å². The van der Waals surface area contributed by atoms with Gasteiger partial charge in [0.05, 0.1) is 0 Å². The van der Waals surface area contributed by atoms with Crippen molar-refractivity contribution >= 4 is 0 Å². The molecule has 0 bridgehead atoms. The second-order valence-electron chi connectivity index (χ2n) is 6.84. The van der Waals surface area contributed by atoms with Crippen LogP contribution in [0.3, 0.4) is 0 Å². The molecule has 1 N–H and O–H groups in total. The van der Waals surface area contributed by atoms with Gasteiger partial charge in [-0.05, 0) is 71.4 Å². The molecule has 0 saturated carbocycles. The molecular weight excluding hydrogens is 234 g/mol. The molecular formula is C16H35N3. The number of hydrogen-bond acceptors (Lipinski definition) is 3. The molecule has 3 heteroatoms. The first kappa shape index (κ1) is 16.9. The molecule has 0 aromatic rings. The maximum atomic E-state index is 3.52. The Morgan fingerprint density at radius 3 is 2.68 bits per heavy atom. The van der Waals surface area contributed by atoms with Crippen LogP contribution in [0.5, 0.6) is 0 Å². The Hall–Kier alpha value is -0.120. The highest BCUT2D eigenvalue weighted by Crippen LogP contribution is 2.15. The van der Waals surface area contributed by atoms with Crippen molar-refractivity contribution in [3.05, 3.63) is 0 Å². The van der Waals surface area contributed by atoms with Crippen LogP contribution in [0, 0.1) is 11.8 Å². The van der Waals surface area contributed by atoms with Crippen molar-refractivity contribution in [3.8, 4) is 0 Å². The number of rotatable bonds is 10. The van der Waals surface area contributed by atoms with Gasteiger partial charge in [-0.25, -0.2) is 0 Å². The van der Waals surface area contributed by atoms with E-state index < -0.39 is 0 Å². The van der Waals surface area contributed by atoms with Gasteiger partial charge in [0.2, 0.25) is 0 Å². The maximum Gasteiger partial charge on any atom is 0.00193 e. The van der Waals surface area contributed by atoms with Crippen molar-refractivity contribution in [3.63, 3.8) is 0 Å². The number of likely N-dealkylation sites (tertiary alicyclic amines) is 1. The number of nitrogens with zero attached hydrogens (tertiary/aromatic N) is 2. The van der Waals surface area contributed by atoms with E-state index >= 15 is 0 Å². The van der Waals surface area contributed by atoms with E-state index in [4.69, 9.17) is 0 Å². The molecule has 1 aliphatic rings. The highest BCUT2D eigenvalue weighted by Gasteiger charge is 2.20. The predicted octanol–water partition coefficient (Wildman–Crippen LogP) is 2.29. The molecule has 1 fully saturated rings. The Morgan fingerprint density at radius 1 is 1.26 bits per heavy atom. The summed E-state index contributed by atoms with van der Waals surface area (Å²) in [6, 6.07) is 0. The van der Waals surface area contributed by atoms with Crippen molar-refractivity contribution in [1.29, 1.82) is 0 Å². The second kappa shape index (κ2) is 9.73. The summed E-state index contributed by atoms with van der Waals surface area (Å²) in [4.78, 5) is 4.99. The van der Waals surface area contributed by atoms with Gasteiger partial charge in [-0.1, -0.05) is 20.3 Å². The lowest BCUT2D eigenvalue weighted by Gasteiger charge is -2.20. The number of nitrogens with one attached hydrogen (secondary N) is 1. The van der Waals surface area contributed by atoms with E-state index in [1.807, 2.05) is 0 Å². The molecule has 19 heavy (non-hydrogen) atoms. The zero-order valence-corrected chi connectivity index (χ0v) is 13.6. The summed E-state index contributed by atoms with van der Waals surface area (Å²) in [5.74, 6) is 1.68. The Labute approximate surface area is 120 Å². The van der Waals surface area contributed by atoms with Gasteiger partial charge >= 0.3 is 0 Å². The summed E-state index contributed by atoms with van der Waals surface area (Å²) in [6.07, 6.45) is 5.43. The van der Waals surface area contributed by atoms with Crippen LogP contribution in [0.25, 0.3) is 0 Å². The van der Waals surface area contributed by atoms with E-state index in [9.17, 15) is 0 Å². The third-order valence-electron chi connectivity index (χ3n) is 4.00. The number of unbranched alkanes of at least 4 members (excludes halogenated alkanes) is 2. The van der Waals surface area contributed by atoms with Gasteiger partial charge in [0.25, 0.3) is 0 Å². The van der Waals surface area contributed by atoms with Crippen LogP contribution in [-0.4, -0.2) is 63.2 Å². The summed E-state index contributed by atoms with van der Waals surface area (Å²) in [5.41, 5.74) is 0. The van der Waals surface area contributed by atoms with Crippen LogP contribution in [0.1, 0.15) is 39.5 Å². The normalized spacial score (nSPS) is 20.8. The SMILES string of the molecule is CC(C)CNCCCCCN(C)CC1CCN(C)C1. The van der Waals surface area contributed by atoms with Crippen LogP contribution in [0.2, 0.25) is 0 Å². The molecule has 0 amide bonds. The van der Waals surface area contributed by atoms with E-state index in [1.54, 1.807) is 0 Å². The fraction of sp³-hybridized carbons (Fsp3) is 1.00. The topological polar surface area (TPSA) is 18.5 Å². The first-order valence-corrected chi connectivity index (χ1v) is 8.15. The van der Waals surface area contributed by atoms with Crippen LogP contribution in [0.4, 0.5) is 0 Å². The molecule has 1 rings (SSSR count). The molecule has 114 valence electrons. The lowest BCUT2D eigenvalue weighted by atomic mass is 10.1. The van der Waals surface area contributed by atoms with Gasteiger partial charge in [0.1, 0.15) is 0 Å². The monoisotopic (exact) mass is 269 g/mol. The van der Waals surface area contributed by atoms with E-state index in [0.717, 1.165) is 18.4 Å². The fourth-order valence-corrected chi connectivity index (χ4v) is 2.91. The lowest BCUT2D eigenvalue weighted by molar-refractivity contribution is 0.268. The standard InChI is InChI=1S/C16H35N3/c1-15(2)12-17-9-6-5-7-10-18(3)13-16-8-11-19(4)14-16/h15-17H,5-14H2,1-4H3. The summed E-state index contributed by atoms with van der Waals surface area (Å²) in [7, 11) is 4.53. The van der Waals surface area contributed by atoms with Gasteiger partial charge in [-0.3, -0.25) is 0 Å². The van der Waals surface area contributed by atoms with E-state index in [-0.39, 0.29) is 0 Å². The molecule has 1 atom stereocenters. The third kappa shape index (κ3) is 8.61. The lowest BCUT2D eigenvalue weighted by Crippen LogP contribution is -2.28. The average Bonchev–Trinajstić information content (AvgIpc) is 2.73. The molecule has 0 radical (unpaired) electrons. The van der Waals surface area contributed by atoms with Gasteiger partial charge in [-0.2, -0.15) is 0 Å². The molecule has 0 spiro atoms. The minimum atomic E-state index is 0.774. The van der Waals surface area contributed by atoms with Crippen LogP contribution in [0.15, 0.2) is 0 Å². The van der Waals surface area contributed by atoms with Crippen molar-refractivity contribution in [2.75, 3.05) is 53.4 Å². The van der Waals surface area contributed by atoms with Gasteiger partial charge in [-0.15, -0.1) is 0 Å². The molecule has 1 heterocycles.